The van der Waals surface area contributed by atoms with Crippen LogP contribution in [-0.2, 0) is 22.1 Å². The molecule has 1 unspecified atom stereocenters. The molecule has 1 aromatic rings. The van der Waals surface area contributed by atoms with E-state index in [1.54, 1.807) is 13.8 Å². The van der Waals surface area contributed by atoms with Crippen molar-refractivity contribution < 1.29 is 22.5 Å². The molecule has 1 aliphatic rings. The zero-order valence-corrected chi connectivity index (χ0v) is 13.8. The first-order valence-electron chi connectivity index (χ1n) is 7.38. The number of nitrogens with zero attached hydrogens (tertiary/aromatic N) is 1. The SMILES string of the molecule is CC(C)(C(=O)Nc1ccc(C(F)(F)F)cn1)[S+]([O-])C1CCCC1. The van der Waals surface area contributed by atoms with E-state index in [1.807, 2.05) is 0 Å². The molecule has 1 fully saturated rings. The first kappa shape index (κ1) is 18.1. The van der Waals surface area contributed by atoms with Gasteiger partial charge in [0.1, 0.15) is 11.1 Å². The number of nitrogens with one attached hydrogen (secondary N) is 1. The number of anilines is 1. The summed E-state index contributed by atoms with van der Waals surface area (Å²) in [5.74, 6) is -0.491. The maximum atomic E-state index is 12.6. The molecule has 1 N–H and O–H groups in total. The zero-order chi connectivity index (χ0) is 17.3. The standard InChI is InChI=1S/C15H19F3N2O2S/c1-14(2,23(22)11-5-3-4-6-11)13(21)20-12-8-7-10(9-19-12)15(16,17)18/h7-9,11H,3-6H2,1-2H3,(H,19,20,21). The summed E-state index contributed by atoms with van der Waals surface area (Å²) in [5.41, 5.74) is -0.885. The van der Waals surface area contributed by atoms with E-state index in [-0.39, 0.29) is 11.1 Å². The van der Waals surface area contributed by atoms with Crippen LogP contribution >= 0.6 is 0 Å². The Hall–Kier alpha value is -1.28. The molecular formula is C15H19F3N2O2S. The van der Waals surface area contributed by atoms with E-state index >= 15 is 0 Å². The molecule has 0 saturated heterocycles. The van der Waals surface area contributed by atoms with Crippen molar-refractivity contribution in [1.82, 2.24) is 4.98 Å². The highest BCUT2D eigenvalue weighted by Gasteiger charge is 2.45. The van der Waals surface area contributed by atoms with Crippen LogP contribution in [0.1, 0.15) is 45.1 Å². The van der Waals surface area contributed by atoms with Gasteiger partial charge in [-0.3, -0.25) is 4.79 Å². The van der Waals surface area contributed by atoms with Crippen LogP contribution in [-0.4, -0.2) is 25.4 Å². The third kappa shape index (κ3) is 4.17. The van der Waals surface area contributed by atoms with Crippen LogP contribution in [0.25, 0.3) is 0 Å². The predicted octanol–water partition coefficient (Wildman–Crippen LogP) is 3.51. The van der Waals surface area contributed by atoms with Gasteiger partial charge in [-0.25, -0.2) is 4.98 Å². The van der Waals surface area contributed by atoms with Gasteiger partial charge in [-0.2, -0.15) is 13.2 Å². The summed E-state index contributed by atoms with van der Waals surface area (Å²) in [7, 11) is 0. The summed E-state index contributed by atoms with van der Waals surface area (Å²) in [6, 6.07) is 1.94. The smallest absolute Gasteiger partial charge is 0.417 e. The highest BCUT2D eigenvalue weighted by atomic mass is 32.2. The average molecular weight is 348 g/mol. The highest BCUT2D eigenvalue weighted by Crippen LogP contribution is 2.33. The summed E-state index contributed by atoms with van der Waals surface area (Å²) in [4.78, 5) is 16.0. The molecule has 0 spiro atoms. The lowest BCUT2D eigenvalue weighted by Crippen LogP contribution is -2.48. The summed E-state index contributed by atoms with van der Waals surface area (Å²) in [5, 5.41) is 2.45. The van der Waals surface area contributed by atoms with Crippen molar-refractivity contribution in [2.45, 2.75) is 55.7 Å². The van der Waals surface area contributed by atoms with E-state index in [0.717, 1.165) is 37.8 Å². The number of aromatic nitrogens is 1. The Bertz CT molecular complexity index is 555. The minimum atomic E-state index is -4.47. The predicted molar refractivity (Wildman–Crippen MR) is 82.3 cm³/mol. The van der Waals surface area contributed by atoms with E-state index in [0.29, 0.717) is 6.20 Å². The molecule has 23 heavy (non-hydrogen) atoms. The molecule has 8 heteroatoms. The topological polar surface area (TPSA) is 65.0 Å². The fraction of sp³-hybridized carbons (Fsp3) is 0.600. The Morgan fingerprint density at radius 1 is 1.30 bits per heavy atom. The lowest BCUT2D eigenvalue weighted by atomic mass is 10.2. The van der Waals surface area contributed by atoms with Gasteiger partial charge < -0.3 is 9.87 Å². The number of carbonyl (C=O) groups is 1. The molecule has 1 atom stereocenters. The number of hydrogen-bond donors (Lipinski definition) is 1. The summed E-state index contributed by atoms with van der Waals surface area (Å²) >= 11 is -1.35. The molecule has 128 valence electrons. The Labute approximate surface area is 136 Å². The van der Waals surface area contributed by atoms with Gasteiger partial charge >= 0.3 is 6.18 Å². The van der Waals surface area contributed by atoms with E-state index < -0.39 is 33.6 Å². The second-order valence-electron chi connectivity index (χ2n) is 6.10. The normalized spacial score (nSPS) is 18.0. The molecule has 1 amide bonds. The van der Waals surface area contributed by atoms with E-state index in [9.17, 15) is 22.5 Å². The van der Waals surface area contributed by atoms with Crippen molar-refractivity contribution in [3.05, 3.63) is 23.9 Å². The number of hydrogen-bond acceptors (Lipinski definition) is 3. The number of rotatable bonds is 4. The van der Waals surface area contributed by atoms with Crippen molar-refractivity contribution in [1.29, 1.82) is 0 Å². The van der Waals surface area contributed by atoms with Gasteiger partial charge in [-0.15, -0.1) is 0 Å². The van der Waals surface area contributed by atoms with Gasteiger partial charge in [0, 0.05) is 6.20 Å². The van der Waals surface area contributed by atoms with E-state index in [4.69, 9.17) is 0 Å². The maximum Gasteiger partial charge on any atom is 0.417 e. The summed E-state index contributed by atoms with van der Waals surface area (Å²) in [6.07, 6.45) is -0.123. The van der Waals surface area contributed by atoms with Crippen molar-refractivity contribution in [2.24, 2.45) is 0 Å². The largest absolute Gasteiger partial charge is 0.615 e. The Morgan fingerprint density at radius 2 is 1.91 bits per heavy atom. The third-order valence-electron chi connectivity index (χ3n) is 3.99. The van der Waals surface area contributed by atoms with Crippen LogP contribution < -0.4 is 5.32 Å². The molecule has 1 saturated carbocycles. The molecule has 4 nitrogen and oxygen atoms in total. The number of pyridine rings is 1. The quantitative estimate of drug-likeness (QED) is 0.847. The maximum absolute atomic E-state index is 12.6. The van der Waals surface area contributed by atoms with Gasteiger partial charge in [-0.05, 0) is 62.8 Å². The van der Waals surface area contributed by atoms with Crippen molar-refractivity contribution in [3.63, 3.8) is 0 Å². The van der Waals surface area contributed by atoms with E-state index in [1.165, 1.54) is 0 Å². The van der Waals surface area contributed by atoms with Crippen LogP contribution in [0.3, 0.4) is 0 Å². The molecule has 0 radical (unpaired) electrons. The first-order valence-corrected chi connectivity index (χ1v) is 8.59. The Balaban J connectivity index is 2.05. The van der Waals surface area contributed by atoms with Gasteiger partial charge in [0.25, 0.3) is 5.91 Å². The average Bonchev–Trinajstić information content (AvgIpc) is 3.00. The molecule has 1 aliphatic carbocycles. The molecule has 1 heterocycles. The highest BCUT2D eigenvalue weighted by molar-refractivity contribution is 7.94. The number of carbonyl (C=O) groups excluding carboxylic acids is 1. The lowest BCUT2D eigenvalue weighted by molar-refractivity contribution is -0.137. The Morgan fingerprint density at radius 3 is 2.39 bits per heavy atom. The number of halogens is 3. The Kier molecular flexibility index (Phi) is 5.25. The first-order chi connectivity index (χ1) is 10.6. The molecule has 1 aromatic heterocycles. The van der Waals surface area contributed by atoms with Crippen molar-refractivity contribution in [2.75, 3.05) is 5.32 Å². The second-order valence-corrected chi connectivity index (χ2v) is 8.38. The van der Waals surface area contributed by atoms with Crippen LogP contribution in [0, 0.1) is 0 Å². The van der Waals surface area contributed by atoms with Crippen LogP contribution in [0.15, 0.2) is 18.3 Å². The monoisotopic (exact) mass is 348 g/mol. The fourth-order valence-corrected chi connectivity index (χ4v) is 4.34. The molecule has 0 aliphatic heterocycles. The molecular weight excluding hydrogens is 329 g/mol. The minimum Gasteiger partial charge on any atom is -0.615 e. The fourth-order valence-electron chi connectivity index (χ4n) is 2.51. The molecule has 0 bridgehead atoms. The van der Waals surface area contributed by atoms with Gasteiger partial charge in [0.2, 0.25) is 0 Å². The number of alkyl halides is 3. The van der Waals surface area contributed by atoms with E-state index in [2.05, 4.69) is 10.3 Å². The van der Waals surface area contributed by atoms with Crippen LogP contribution in [0.4, 0.5) is 19.0 Å². The van der Waals surface area contributed by atoms with Gasteiger partial charge in [0.05, 0.1) is 5.56 Å². The van der Waals surface area contributed by atoms with Gasteiger partial charge in [0.15, 0.2) is 4.75 Å². The second kappa shape index (κ2) is 6.68. The third-order valence-corrected chi connectivity index (χ3v) is 6.26. The number of amides is 1. The molecule has 2 rings (SSSR count). The minimum absolute atomic E-state index is 0.00341. The van der Waals surface area contributed by atoms with Gasteiger partial charge in [-0.1, -0.05) is 0 Å². The zero-order valence-electron chi connectivity index (χ0n) is 12.9. The lowest BCUT2D eigenvalue weighted by Gasteiger charge is -2.31. The van der Waals surface area contributed by atoms with Crippen molar-refractivity contribution >= 4 is 22.9 Å². The summed E-state index contributed by atoms with van der Waals surface area (Å²) < 4.78 is 48.9. The van der Waals surface area contributed by atoms with Crippen LogP contribution in [0.5, 0.6) is 0 Å². The van der Waals surface area contributed by atoms with Crippen molar-refractivity contribution in [3.8, 4) is 0 Å². The molecule has 0 aromatic carbocycles. The van der Waals surface area contributed by atoms with Crippen LogP contribution in [0.2, 0.25) is 0 Å². The summed E-state index contributed by atoms with van der Waals surface area (Å²) in [6.45, 7) is 3.17.